The van der Waals surface area contributed by atoms with Crippen molar-refractivity contribution in [3.8, 4) is 5.69 Å². The average Bonchev–Trinajstić information content (AvgIpc) is 3.28. The van der Waals surface area contributed by atoms with E-state index < -0.39 is 5.41 Å². The molecule has 0 aliphatic carbocycles. The Balaban J connectivity index is 1.67. The predicted octanol–water partition coefficient (Wildman–Crippen LogP) is 0.288. The molecule has 0 radical (unpaired) electrons. The van der Waals surface area contributed by atoms with E-state index in [1.165, 1.54) is 7.11 Å². The lowest BCUT2D eigenvalue weighted by Gasteiger charge is -2.23. The number of ether oxygens (including phenoxy) is 2. The number of esters is 1. The normalized spacial score (nSPS) is 26.3. The minimum absolute atomic E-state index is 0.0934. The van der Waals surface area contributed by atoms with Crippen molar-refractivity contribution < 1.29 is 14.3 Å². The third kappa shape index (κ3) is 2.09. The molecule has 0 unspecified atom stereocenters. The molecule has 2 saturated heterocycles. The zero-order valence-electron chi connectivity index (χ0n) is 12.8. The van der Waals surface area contributed by atoms with Crippen LogP contribution in [0.1, 0.15) is 0 Å². The molecule has 23 heavy (non-hydrogen) atoms. The Morgan fingerprint density at radius 2 is 2.22 bits per heavy atom. The molecule has 2 aliphatic heterocycles. The van der Waals surface area contributed by atoms with Crippen LogP contribution in [0.2, 0.25) is 0 Å². The van der Waals surface area contributed by atoms with Gasteiger partial charge in [0.05, 0.1) is 26.0 Å². The van der Waals surface area contributed by atoms with E-state index in [0.29, 0.717) is 32.3 Å². The first-order valence-corrected chi connectivity index (χ1v) is 7.49. The molecular weight excluding hydrogens is 298 g/mol. The summed E-state index contributed by atoms with van der Waals surface area (Å²) in [6.07, 6.45) is 0. The Kier molecular flexibility index (Phi) is 3.26. The van der Waals surface area contributed by atoms with Gasteiger partial charge in [-0.3, -0.25) is 4.79 Å². The molecule has 1 aromatic carbocycles. The van der Waals surface area contributed by atoms with Gasteiger partial charge in [0.1, 0.15) is 5.41 Å². The van der Waals surface area contributed by atoms with Crippen molar-refractivity contribution in [1.29, 1.82) is 0 Å². The van der Waals surface area contributed by atoms with E-state index in [0.717, 1.165) is 5.69 Å². The van der Waals surface area contributed by atoms with Crippen molar-refractivity contribution in [3.05, 3.63) is 30.3 Å². The van der Waals surface area contributed by atoms with Crippen LogP contribution in [0.4, 0.5) is 5.95 Å². The van der Waals surface area contributed by atoms with E-state index >= 15 is 0 Å². The van der Waals surface area contributed by atoms with Gasteiger partial charge in [-0.05, 0) is 22.6 Å². The molecule has 0 N–H and O–H groups in total. The van der Waals surface area contributed by atoms with Gasteiger partial charge in [0.25, 0.3) is 0 Å². The van der Waals surface area contributed by atoms with Gasteiger partial charge in [-0.1, -0.05) is 23.3 Å². The van der Waals surface area contributed by atoms with Gasteiger partial charge in [-0.15, -0.1) is 0 Å². The van der Waals surface area contributed by atoms with E-state index in [2.05, 4.69) is 15.5 Å². The van der Waals surface area contributed by atoms with Crippen LogP contribution in [0, 0.1) is 11.3 Å². The highest BCUT2D eigenvalue weighted by Crippen LogP contribution is 2.43. The molecule has 0 bridgehead atoms. The number of rotatable bonds is 3. The number of carbonyl (C=O) groups excluding carboxylic acids is 1. The summed E-state index contributed by atoms with van der Waals surface area (Å²) in [5, 5.41) is 12.0. The fourth-order valence-corrected chi connectivity index (χ4v) is 3.50. The molecule has 2 fully saturated rings. The number of fused-ring (bicyclic) bond motifs is 1. The molecule has 2 aliphatic rings. The first kappa shape index (κ1) is 14.1. The van der Waals surface area contributed by atoms with Gasteiger partial charge in [-0.2, -0.15) is 4.68 Å². The summed E-state index contributed by atoms with van der Waals surface area (Å²) in [6.45, 7) is 2.10. The second-order valence-corrected chi connectivity index (χ2v) is 5.97. The molecule has 4 rings (SSSR count). The van der Waals surface area contributed by atoms with Crippen LogP contribution in [0.3, 0.4) is 0 Å². The lowest BCUT2D eigenvalue weighted by atomic mass is 9.81. The van der Waals surface area contributed by atoms with Gasteiger partial charge < -0.3 is 14.4 Å². The predicted molar refractivity (Wildman–Crippen MR) is 80.1 cm³/mol. The average molecular weight is 315 g/mol. The highest BCUT2D eigenvalue weighted by Gasteiger charge is 2.57. The molecule has 8 heteroatoms. The second-order valence-electron chi connectivity index (χ2n) is 5.97. The first-order chi connectivity index (χ1) is 11.2. The van der Waals surface area contributed by atoms with Crippen LogP contribution in [0.15, 0.2) is 30.3 Å². The van der Waals surface area contributed by atoms with Crippen molar-refractivity contribution in [2.45, 2.75) is 0 Å². The van der Waals surface area contributed by atoms with Crippen LogP contribution in [-0.2, 0) is 14.3 Å². The number of methoxy groups -OCH3 is 1. The van der Waals surface area contributed by atoms with Gasteiger partial charge in [0.15, 0.2) is 0 Å². The van der Waals surface area contributed by atoms with Crippen molar-refractivity contribution in [3.63, 3.8) is 0 Å². The molecule has 2 aromatic rings. The minimum atomic E-state index is -0.623. The molecule has 8 nitrogen and oxygen atoms in total. The molecule has 0 amide bonds. The zero-order chi connectivity index (χ0) is 15.9. The summed E-state index contributed by atoms with van der Waals surface area (Å²) in [5.74, 6) is 0.506. The van der Waals surface area contributed by atoms with Crippen molar-refractivity contribution in [1.82, 2.24) is 20.2 Å². The van der Waals surface area contributed by atoms with Crippen LogP contribution in [0.5, 0.6) is 0 Å². The molecular formula is C15H17N5O3. The van der Waals surface area contributed by atoms with Crippen LogP contribution in [-0.4, -0.2) is 59.6 Å². The second kappa shape index (κ2) is 5.31. The molecule has 1 aromatic heterocycles. The number of carbonyl (C=O) groups is 1. The number of hydrogen-bond donors (Lipinski definition) is 0. The van der Waals surface area contributed by atoms with Gasteiger partial charge in [0.2, 0.25) is 5.95 Å². The topological polar surface area (TPSA) is 82.4 Å². The smallest absolute Gasteiger partial charge is 0.316 e. The standard InChI is InChI=1S/C15H17N5O3/c1-22-13(21)15-9-19(7-11(15)8-23-10-15)14-16-17-18-20(14)12-5-3-2-4-6-12/h2-6,11H,7-10H2,1H3/t11-,15-/m0/s1. The maximum absolute atomic E-state index is 12.3. The molecule has 2 atom stereocenters. The number of benzene rings is 1. The van der Waals surface area contributed by atoms with Crippen molar-refractivity contribution in [2.24, 2.45) is 11.3 Å². The highest BCUT2D eigenvalue weighted by molar-refractivity contribution is 5.79. The van der Waals surface area contributed by atoms with Crippen LogP contribution >= 0.6 is 0 Å². The largest absolute Gasteiger partial charge is 0.468 e. The Morgan fingerprint density at radius 3 is 3.00 bits per heavy atom. The monoisotopic (exact) mass is 315 g/mol. The van der Waals surface area contributed by atoms with Crippen molar-refractivity contribution >= 4 is 11.9 Å². The third-order valence-corrected chi connectivity index (χ3v) is 4.70. The first-order valence-electron chi connectivity index (χ1n) is 7.49. The summed E-state index contributed by atoms with van der Waals surface area (Å²) < 4.78 is 12.2. The molecule has 120 valence electrons. The third-order valence-electron chi connectivity index (χ3n) is 4.70. The highest BCUT2D eigenvalue weighted by atomic mass is 16.5. The lowest BCUT2D eigenvalue weighted by Crippen LogP contribution is -2.40. The summed E-state index contributed by atoms with van der Waals surface area (Å²) in [4.78, 5) is 14.3. The maximum atomic E-state index is 12.3. The Hall–Kier alpha value is -2.48. The van der Waals surface area contributed by atoms with E-state index in [4.69, 9.17) is 9.47 Å². The Labute approximate surface area is 133 Å². The zero-order valence-corrected chi connectivity index (χ0v) is 12.8. The van der Waals surface area contributed by atoms with Crippen LogP contribution < -0.4 is 4.90 Å². The quantitative estimate of drug-likeness (QED) is 0.753. The van der Waals surface area contributed by atoms with Gasteiger partial charge >= 0.3 is 5.97 Å². The summed E-state index contributed by atoms with van der Waals surface area (Å²) in [5.41, 5.74) is 0.260. The fourth-order valence-electron chi connectivity index (χ4n) is 3.50. The van der Waals surface area contributed by atoms with Crippen molar-refractivity contribution in [2.75, 3.05) is 38.3 Å². The van der Waals surface area contributed by atoms with Crippen LogP contribution in [0.25, 0.3) is 5.69 Å². The van der Waals surface area contributed by atoms with Gasteiger partial charge in [-0.25, -0.2) is 0 Å². The number of tetrazole rings is 1. The summed E-state index contributed by atoms with van der Waals surface area (Å²) >= 11 is 0. The fraction of sp³-hybridized carbons (Fsp3) is 0.467. The lowest BCUT2D eigenvalue weighted by molar-refractivity contribution is -0.152. The number of anilines is 1. The van der Waals surface area contributed by atoms with E-state index in [1.54, 1.807) is 4.68 Å². The van der Waals surface area contributed by atoms with E-state index in [-0.39, 0.29) is 11.9 Å². The Morgan fingerprint density at radius 1 is 1.39 bits per heavy atom. The Bertz CT molecular complexity index is 719. The molecule has 0 saturated carbocycles. The van der Waals surface area contributed by atoms with Gasteiger partial charge in [0, 0.05) is 19.0 Å². The number of para-hydroxylation sites is 1. The SMILES string of the molecule is COC(=O)[C@@]12COC[C@@H]1CN(c1nnnn1-c1ccccc1)C2. The number of aromatic nitrogens is 4. The maximum Gasteiger partial charge on any atom is 0.316 e. The van der Waals surface area contributed by atoms with E-state index in [9.17, 15) is 4.79 Å². The molecule has 0 spiro atoms. The van der Waals surface area contributed by atoms with E-state index in [1.807, 2.05) is 35.2 Å². The minimum Gasteiger partial charge on any atom is -0.468 e. The number of nitrogens with zero attached hydrogens (tertiary/aromatic N) is 5. The summed E-state index contributed by atoms with van der Waals surface area (Å²) in [7, 11) is 1.42. The number of hydrogen-bond acceptors (Lipinski definition) is 7. The molecule has 3 heterocycles. The summed E-state index contributed by atoms with van der Waals surface area (Å²) in [6, 6.07) is 9.69.